The van der Waals surface area contributed by atoms with Crippen molar-refractivity contribution in [1.29, 1.82) is 0 Å². The van der Waals surface area contributed by atoms with Crippen molar-refractivity contribution in [2.24, 2.45) is 5.41 Å². The molecular weight excluding hydrogens is 488 g/mol. The van der Waals surface area contributed by atoms with E-state index in [1.807, 2.05) is 17.5 Å². The maximum atomic E-state index is 12.7. The van der Waals surface area contributed by atoms with Crippen molar-refractivity contribution >= 4 is 52.6 Å². The number of nitrogens with one attached hydrogen (secondary N) is 1. The number of carbonyl (C=O) groups is 3. The molecule has 33 heavy (non-hydrogen) atoms. The van der Waals surface area contributed by atoms with Crippen molar-refractivity contribution in [3.05, 3.63) is 45.1 Å². The Kier molecular flexibility index (Phi) is 7.00. The summed E-state index contributed by atoms with van der Waals surface area (Å²) in [5.74, 6) is -1.10. The lowest BCUT2D eigenvalue weighted by atomic mass is 9.89. The summed E-state index contributed by atoms with van der Waals surface area (Å²) in [4.78, 5) is 60.6. The van der Waals surface area contributed by atoms with Crippen LogP contribution in [0.2, 0.25) is 0 Å². The molecule has 0 spiro atoms. The minimum Gasteiger partial charge on any atom is -0.481 e. The van der Waals surface area contributed by atoms with Crippen LogP contribution in [0.1, 0.15) is 11.8 Å². The Balaban J connectivity index is 1.37. The smallest absolute Gasteiger partial charge is 0.381 e. The number of hydrogen-bond acceptors (Lipinski definition) is 9. The Morgan fingerprint density at radius 1 is 1.39 bits per heavy atom. The zero-order chi connectivity index (χ0) is 23.6. The van der Waals surface area contributed by atoms with Crippen LogP contribution >= 0.6 is 34.9 Å². The molecular formula is C20H22N4O6S3. The van der Waals surface area contributed by atoms with Gasteiger partial charge in [0.2, 0.25) is 11.8 Å². The molecule has 2 aromatic heterocycles. The van der Waals surface area contributed by atoms with Gasteiger partial charge in [-0.05, 0) is 24.4 Å². The minimum atomic E-state index is -1.19. The quantitative estimate of drug-likeness (QED) is 0.282. The maximum absolute atomic E-state index is 12.7. The monoisotopic (exact) mass is 510 g/mol. The topological polar surface area (TPSA) is 131 Å². The average Bonchev–Trinajstić information content (AvgIpc) is 3.30. The molecule has 4 rings (SSSR count). The van der Waals surface area contributed by atoms with Gasteiger partial charge in [-0.1, -0.05) is 6.07 Å². The molecule has 176 valence electrons. The zero-order valence-electron chi connectivity index (χ0n) is 17.6. The van der Waals surface area contributed by atoms with Gasteiger partial charge in [0.15, 0.2) is 0 Å². The number of aromatic nitrogens is 2. The van der Waals surface area contributed by atoms with Crippen LogP contribution in [-0.2, 0) is 20.8 Å². The van der Waals surface area contributed by atoms with Crippen LogP contribution in [0.3, 0.4) is 0 Å². The molecule has 2 N–H and O–H groups in total. The number of carboxylic acids is 1. The summed E-state index contributed by atoms with van der Waals surface area (Å²) >= 11 is 3.98. The molecule has 2 fully saturated rings. The molecule has 2 saturated heterocycles. The number of fused-ring (bicyclic) bond motifs is 1. The SMILES string of the molecule is CCOn1ccc(SCC2(C(=O)O)CS[C@@H]3[C@H](NC(=O)Cc4cccs4)C(=O)N3C2)nc1=O. The Hall–Kier alpha value is -2.51. The number of thiophene rings is 1. The van der Waals surface area contributed by atoms with Crippen molar-refractivity contribution in [1.82, 2.24) is 19.9 Å². The first-order chi connectivity index (χ1) is 15.8. The Morgan fingerprint density at radius 2 is 2.21 bits per heavy atom. The molecule has 3 atom stereocenters. The molecule has 13 heteroatoms. The van der Waals surface area contributed by atoms with E-state index < -0.39 is 23.1 Å². The average molecular weight is 511 g/mol. The summed E-state index contributed by atoms with van der Waals surface area (Å²) in [6, 6.07) is 4.67. The Bertz CT molecular complexity index is 1110. The van der Waals surface area contributed by atoms with Crippen molar-refractivity contribution in [2.75, 3.05) is 24.7 Å². The summed E-state index contributed by atoms with van der Waals surface area (Å²) in [5.41, 5.74) is -1.77. The molecule has 0 aliphatic carbocycles. The first-order valence-electron chi connectivity index (χ1n) is 10.2. The van der Waals surface area contributed by atoms with Gasteiger partial charge < -0.3 is 20.2 Å². The summed E-state index contributed by atoms with van der Waals surface area (Å²) in [6.07, 6.45) is 1.66. The van der Waals surface area contributed by atoms with Gasteiger partial charge in [0.1, 0.15) is 28.5 Å². The molecule has 0 aromatic carbocycles. The van der Waals surface area contributed by atoms with E-state index in [2.05, 4.69) is 10.3 Å². The van der Waals surface area contributed by atoms with Gasteiger partial charge in [0.25, 0.3) is 0 Å². The molecule has 2 amide bonds. The lowest BCUT2D eigenvalue weighted by Gasteiger charge is -2.53. The van der Waals surface area contributed by atoms with Crippen LogP contribution in [0.15, 0.2) is 39.6 Å². The van der Waals surface area contributed by atoms with Gasteiger partial charge >= 0.3 is 11.7 Å². The molecule has 2 aliphatic heterocycles. The van der Waals surface area contributed by atoms with E-state index in [1.165, 1.54) is 34.2 Å². The predicted octanol–water partition coefficient (Wildman–Crippen LogP) is 0.559. The fourth-order valence-electron chi connectivity index (χ4n) is 3.61. The van der Waals surface area contributed by atoms with E-state index in [1.54, 1.807) is 13.0 Å². The highest BCUT2D eigenvalue weighted by atomic mass is 32.2. The largest absolute Gasteiger partial charge is 0.481 e. The molecule has 2 aromatic rings. The zero-order valence-corrected chi connectivity index (χ0v) is 20.1. The van der Waals surface area contributed by atoms with E-state index in [4.69, 9.17) is 4.84 Å². The number of nitrogens with zero attached hydrogens (tertiary/aromatic N) is 3. The highest BCUT2D eigenvalue weighted by Gasteiger charge is 2.57. The van der Waals surface area contributed by atoms with Crippen molar-refractivity contribution in [2.45, 2.75) is 29.8 Å². The maximum Gasteiger partial charge on any atom is 0.381 e. The number of carboxylic acid groups (broad SMARTS) is 1. The van der Waals surface area contributed by atoms with Crippen LogP contribution in [-0.4, -0.2) is 73.6 Å². The van der Waals surface area contributed by atoms with Gasteiger partial charge in [0.05, 0.1) is 12.6 Å². The first-order valence-corrected chi connectivity index (χ1v) is 13.1. The van der Waals surface area contributed by atoms with Crippen LogP contribution < -0.4 is 15.8 Å². The van der Waals surface area contributed by atoms with Gasteiger partial charge in [-0.3, -0.25) is 14.4 Å². The number of aliphatic carboxylic acids is 1. The van der Waals surface area contributed by atoms with Crippen molar-refractivity contribution in [3.63, 3.8) is 0 Å². The number of thioether (sulfide) groups is 2. The van der Waals surface area contributed by atoms with Crippen molar-refractivity contribution < 1.29 is 24.3 Å². The van der Waals surface area contributed by atoms with E-state index in [-0.39, 0.29) is 41.7 Å². The fourth-order valence-corrected chi connectivity index (χ4v) is 7.02. The molecule has 10 nitrogen and oxygen atoms in total. The van der Waals surface area contributed by atoms with E-state index in [0.717, 1.165) is 21.4 Å². The first kappa shape index (κ1) is 23.6. The molecule has 1 unspecified atom stereocenters. The molecule has 0 radical (unpaired) electrons. The lowest BCUT2D eigenvalue weighted by molar-refractivity contribution is -0.157. The summed E-state index contributed by atoms with van der Waals surface area (Å²) in [6.45, 7) is 2.10. The molecule has 0 saturated carbocycles. The molecule has 4 heterocycles. The highest BCUT2D eigenvalue weighted by Crippen LogP contribution is 2.44. The van der Waals surface area contributed by atoms with E-state index in [0.29, 0.717) is 11.6 Å². The predicted molar refractivity (Wildman–Crippen MR) is 124 cm³/mol. The number of amides is 2. The number of carbonyl (C=O) groups excluding carboxylic acids is 2. The molecule has 2 aliphatic rings. The summed E-state index contributed by atoms with van der Waals surface area (Å²) < 4.78 is 1.02. The van der Waals surface area contributed by atoms with Gasteiger partial charge in [-0.15, -0.1) is 39.6 Å². The van der Waals surface area contributed by atoms with Crippen LogP contribution in [0.4, 0.5) is 0 Å². The summed E-state index contributed by atoms with van der Waals surface area (Å²) in [7, 11) is 0. The van der Waals surface area contributed by atoms with E-state index >= 15 is 0 Å². The summed E-state index contributed by atoms with van der Waals surface area (Å²) in [5, 5.41) is 14.7. The third kappa shape index (κ3) is 4.89. The van der Waals surface area contributed by atoms with Crippen LogP contribution in [0.5, 0.6) is 0 Å². The second kappa shape index (κ2) is 9.77. The van der Waals surface area contributed by atoms with E-state index in [9.17, 15) is 24.3 Å². The molecule has 0 bridgehead atoms. The second-order valence-corrected chi connectivity index (χ2v) is 10.8. The van der Waals surface area contributed by atoms with Crippen LogP contribution in [0.25, 0.3) is 0 Å². The third-order valence-corrected chi connectivity index (χ3v) is 9.03. The third-order valence-electron chi connectivity index (χ3n) is 5.34. The second-order valence-electron chi connectivity index (χ2n) is 7.64. The lowest BCUT2D eigenvalue weighted by Crippen LogP contribution is -2.74. The number of β-lactam (4-membered cyclic amide) rings is 1. The minimum absolute atomic E-state index is 0.0408. The Morgan fingerprint density at radius 3 is 2.88 bits per heavy atom. The van der Waals surface area contributed by atoms with Gasteiger partial charge in [-0.25, -0.2) is 4.79 Å². The van der Waals surface area contributed by atoms with Gasteiger partial charge in [0, 0.05) is 22.9 Å². The number of rotatable bonds is 9. The van der Waals surface area contributed by atoms with Crippen LogP contribution in [0, 0.1) is 5.41 Å². The van der Waals surface area contributed by atoms with Gasteiger partial charge in [-0.2, -0.15) is 4.98 Å². The van der Waals surface area contributed by atoms with Crippen molar-refractivity contribution in [3.8, 4) is 0 Å². The standard InChI is InChI=1S/C20H22N4O6S3/c1-2-30-24-6-5-14(22-19(24)29)32-10-20(18(27)28)9-23-16(26)15(17(23)33-11-20)21-13(25)8-12-4-3-7-31-12/h3-7,15,17H,2,8-11H2,1H3,(H,21,25)(H,27,28)/t15-,17-,20?/m1/s1. The fraction of sp³-hybridized carbons (Fsp3) is 0.450. The normalized spacial score (nSPS) is 24.0. The highest BCUT2D eigenvalue weighted by molar-refractivity contribution is 8.00. The Labute approximate surface area is 201 Å². The number of hydrogen-bond donors (Lipinski definition) is 2.